The van der Waals surface area contributed by atoms with E-state index in [1.165, 1.54) is 17.3 Å². The first kappa shape index (κ1) is 16.4. The monoisotopic (exact) mass is 315 g/mol. The first-order valence-electron chi connectivity index (χ1n) is 7.18. The molecule has 1 N–H and O–H groups in total. The molecule has 0 fully saturated rings. The van der Waals surface area contributed by atoms with Crippen LogP contribution < -0.4 is 10.1 Å². The Labute approximate surface area is 136 Å². The Balaban J connectivity index is 1.99. The molecule has 0 spiro atoms. The number of carbonyl (C=O) groups excluding carboxylic acids is 1. The number of hydrogen-bond acceptors (Lipinski definition) is 3. The van der Waals surface area contributed by atoms with Gasteiger partial charge in [0.15, 0.2) is 0 Å². The lowest BCUT2D eigenvalue weighted by molar-refractivity contribution is -0.115. The van der Waals surface area contributed by atoms with Gasteiger partial charge in [-0.2, -0.15) is 0 Å². The molecule has 0 aliphatic heterocycles. The molecule has 0 aromatic heterocycles. The molecule has 0 unspecified atom stereocenters. The van der Waals surface area contributed by atoms with Crippen LogP contribution >= 0.6 is 11.8 Å². The van der Waals surface area contributed by atoms with Crippen molar-refractivity contribution in [2.75, 3.05) is 12.4 Å². The second-order valence-corrected chi connectivity index (χ2v) is 6.66. The maximum atomic E-state index is 12.3. The quantitative estimate of drug-likeness (QED) is 0.829. The number of ether oxygens (including phenoxy) is 1. The number of benzene rings is 2. The van der Waals surface area contributed by atoms with Crippen molar-refractivity contribution in [2.24, 2.45) is 0 Å². The maximum absolute atomic E-state index is 12.3. The van der Waals surface area contributed by atoms with Gasteiger partial charge < -0.3 is 10.1 Å². The maximum Gasteiger partial charge on any atom is 0.237 e. The Hall–Kier alpha value is -1.94. The average molecular weight is 315 g/mol. The number of carbonyl (C=O) groups is 1. The van der Waals surface area contributed by atoms with E-state index in [2.05, 4.69) is 11.4 Å². The van der Waals surface area contributed by atoms with Crippen molar-refractivity contribution in [1.82, 2.24) is 0 Å². The van der Waals surface area contributed by atoms with Crippen LogP contribution in [0.15, 0.2) is 47.4 Å². The van der Waals surface area contributed by atoms with Crippen molar-refractivity contribution in [3.05, 3.63) is 53.6 Å². The number of nitrogens with one attached hydrogen (secondary N) is 1. The smallest absolute Gasteiger partial charge is 0.237 e. The zero-order valence-corrected chi connectivity index (χ0v) is 14.2. The molecule has 2 aromatic rings. The standard InChI is InChI=1S/C18H21NO2S/c1-12-5-10-17(13(2)11-12)19-18(20)14(3)22-16-8-6-15(21-4)7-9-16/h5-11,14H,1-4H3,(H,19,20)/t14-/m1/s1. The van der Waals surface area contributed by atoms with Crippen molar-refractivity contribution >= 4 is 23.4 Å². The zero-order valence-electron chi connectivity index (χ0n) is 13.3. The minimum absolute atomic E-state index is 0.00720. The normalized spacial score (nSPS) is 11.8. The zero-order chi connectivity index (χ0) is 16.1. The third-order valence-electron chi connectivity index (χ3n) is 3.38. The van der Waals surface area contributed by atoms with Crippen molar-refractivity contribution in [3.63, 3.8) is 0 Å². The van der Waals surface area contributed by atoms with Crippen LogP contribution in [0.3, 0.4) is 0 Å². The second-order valence-electron chi connectivity index (χ2n) is 5.24. The molecule has 22 heavy (non-hydrogen) atoms. The van der Waals surface area contributed by atoms with Gasteiger partial charge in [-0.3, -0.25) is 4.79 Å². The van der Waals surface area contributed by atoms with Gasteiger partial charge in [-0.15, -0.1) is 11.8 Å². The molecular weight excluding hydrogens is 294 g/mol. The molecule has 0 heterocycles. The highest BCUT2D eigenvalue weighted by Gasteiger charge is 2.15. The van der Waals surface area contributed by atoms with E-state index in [1.807, 2.05) is 57.2 Å². The average Bonchev–Trinajstić information content (AvgIpc) is 2.50. The fraction of sp³-hybridized carbons (Fsp3) is 0.278. The van der Waals surface area contributed by atoms with E-state index in [0.29, 0.717) is 0 Å². The summed E-state index contributed by atoms with van der Waals surface area (Å²) in [4.78, 5) is 13.4. The highest BCUT2D eigenvalue weighted by molar-refractivity contribution is 8.00. The van der Waals surface area contributed by atoms with Crippen molar-refractivity contribution in [3.8, 4) is 5.75 Å². The van der Waals surface area contributed by atoms with Gasteiger partial charge in [0, 0.05) is 10.6 Å². The molecule has 0 saturated heterocycles. The van der Waals surface area contributed by atoms with E-state index in [4.69, 9.17) is 4.74 Å². The molecule has 0 saturated carbocycles. The summed E-state index contributed by atoms with van der Waals surface area (Å²) >= 11 is 1.53. The van der Waals surface area contributed by atoms with E-state index in [1.54, 1.807) is 7.11 Å². The largest absolute Gasteiger partial charge is 0.497 e. The Morgan fingerprint density at radius 2 is 1.82 bits per heavy atom. The van der Waals surface area contributed by atoms with Crippen LogP contribution in [0.2, 0.25) is 0 Å². The molecule has 4 heteroatoms. The van der Waals surface area contributed by atoms with Crippen molar-refractivity contribution in [1.29, 1.82) is 0 Å². The molecule has 0 aliphatic rings. The topological polar surface area (TPSA) is 38.3 Å². The van der Waals surface area contributed by atoms with Crippen LogP contribution in [-0.4, -0.2) is 18.3 Å². The number of rotatable bonds is 5. The number of aryl methyl sites for hydroxylation is 2. The fourth-order valence-electron chi connectivity index (χ4n) is 2.10. The summed E-state index contributed by atoms with van der Waals surface area (Å²) in [5, 5.41) is 2.82. The van der Waals surface area contributed by atoms with Crippen LogP contribution in [0.1, 0.15) is 18.1 Å². The summed E-state index contributed by atoms with van der Waals surface area (Å²) in [6.45, 7) is 5.96. The van der Waals surface area contributed by atoms with Gasteiger partial charge in [-0.25, -0.2) is 0 Å². The minimum Gasteiger partial charge on any atom is -0.497 e. The van der Waals surface area contributed by atoms with Gasteiger partial charge in [0.05, 0.1) is 12.4 Å². The molecule has 2 aromatic carbocycles. The summed E-state index contributed by atoms with van der Waals surface area (Å²) in [6.07, 6.45) is 0. The Morgan fingerprint density at radius 3 is 2.41 bits per heavy atom. The van der Waals surface area contributed by atoms with Gasteiger partial charge in [-0.1, -0.05) is 17.7 Å². The molecule has 3 nitrogen and oxygen atoms in total. The Kier molecular flexibility index (Phi) is 5.50. The number of amides is 1. The van der Waals surface area contributed by atoms with Gasteiger partial charge in [0.1, 0.15) is 5.75 Å². The third kappa shape index (κ3) is 4.28. The van der Waals surface area contributed by atoms with Crippen LogP contribution in [0, 0.1) is 13.8 Å². The third-order valence-corrected chi connectivity index (χ3v) is 4.49. The van der Waals surface area contributed by atoms with Gasteiger partial charge >= 0.3 is 0 Å². The van der Waals surface area contributed by atoms with Gasteiger partial charge in [0.2, 0.25) is 5.91 Å². The highest BCUT2D eigenvalue weighted by atomic mass is 32.2. The van der Waals surface area contributed by atoms with Crippen LogP contribution in [0.25, 0.3) is 0 Å². The molecule has 1 amide bonds. The minimum atomic E-state index is -0.172. The van der Waals surface area contributed by atoms with E-state index < -0.39 is 0 Å². The lowest BCUT2D eigenvalue weighted by atomic mass is 10.1. The number of hydrogen-bond donors (Lipinski definition) is 1. The molecule has 116 valence electrons. The number of methoxy groups -OCH3 is 1. The van der Waals surface area contributed by atoms with E-state index in [0.717, 1.165) is 21.9 Å². The predicted molar refractivity (Wildman–Crippen MR) is 92.9 cm³/mol. The first-order valence-corrected chi connectivity index (χ1v) is 8.06. The summed E-state index contributed by atoms with van der Waals surface area (Å²) < 4.78 is 5.13. The molecule has 0 aliphatic carbocycles. The molecular formula is C18H21NO2S. The molecule has 1 atom stereocenters. The summed E-state index contributed by atoms with van der Waals surface area (Å²) in [7, 11) is 1.64. The Morgan fingerprint density at radius 1 is 1.14 bits per heavy atom. The SMILES string of the molecule is COc1ccc(S[C@H](C)C(=O)Nc2ccc(C)cc2C)cc1. The highest BCUT2D eigenvalue weighted by Crippen LogP contribution is 2.26. The summed E-state index contributed by atoms with van der Waals surface area (Å²) in [5.41, 5.74) is 3.14. The summed E-state index contributed by atoms with van der Waals surface area (Å²) in [6, 6.07) is 13.7. The van der Waals surface area contributed by atoms with E-state index in [-0.39, 0.29) is 11.2 Å². The lowest BCUT2D eigenvalue weighted by Gasteiger charge is -2.14. The van der Waals surface area contributed by atoms with Crippen LogP contribution in [-0.2, 0) is 4.79 Å². The van der Waals surface area contributed by atoms with Gasteiger partial charge in [0.25, 0.3) is 0 Å². The van der Waals surface area contributed by atoms with Gasteiger partial charge in [-0.05, 0) is 56.7 Å². The second kappa shape index (κ2) is 7.36. The number of anilines is 1. The first-order chi connectivity index (χ1) is 10.5. The molecule has 2 rings (SSSR count). The molecule has 0 bridgehead atoms. The van der Waals surface area contributed by atoms with E-state index in [9.17, 15) is 4.79 Å². The lowest BCUT2D eigenvalue weighted by Crippen LogP contribution is -2.22. The summed E-state index contributed by atoms with van der Waals surface area (Å²) in [5.74, 6) is 0.824. The fourth-order valence-corrected chi connectivity index (χ4v) is 2.97. The predicted octanol–water partition coefficient (Wildman–Crippen LogP) is 4.43. The van der Waals surface area contributed by atoms with Crippen molar-refractivity contribution < 1.29 is 9.53 Å². The number of thioether (sulfide) groups is 1. The van der Waals surface area contributed by atoms with Crippen molar-refractivity contribution in [2.45, 2.75) is 30.9 Å². The van der Waals surface area contributed by atoms with E-state index >= 15 is 0 Å². The molecule has 0 radical (unpaired) electrons. The van der Waals surface area contributed by atoms with Crippen LogP contribution in [0.4, 0.5) is 5.69 Å². The Bertz CT molecular complexity index is 653. The van der Waals surface area contributed by atoms with Crippen LogP contribution in [0.5, 0.6) is 5.75 Å².